The second-order valence-corrected chi connectivity index (χ2v) is 6.03. The van der Waals surface area contributed by atoms with E-state index in [1.807, 2.05) is 0 Å². The van der Waals surface area contributed by atoms with E-state index in [0.717, 1.165) is 17.0 Å². The molecule has 0 bridgehead atoms. The molecule has 28 heavy (non-hydrogen) atoms. The number of H-pyrrole nitrogens is 1. The van der Waals surface area contributed by atoms with E-state index in [9.17, 15) is 22.8 Å². The third kappa shape index (κ3) is 3.87. The second-order valence-electron chi connectivity index (χ2n) is 6.03. The number of aromatic amines is 1. The Balaban J connectivity index is 1.68. The lowest BCUT2D eigenvalue weighted by atomic mass is 10.1. The van der Waals surface area contributed by atoms with Crippen LogP contribution >= 0.6 is 0 Å². The quantitative estimate of drug-likeness (QED) is 0.591. The van der Waals surface area contributed by atoms with Crippen molar-refractivity contribution >= 4 is 34.2 Å². The van der Waals surface area contributed by atoms with Gasteiger partial charge in [0.2, 0.25) is 0 Å². The summed E-state index contributed by atoms with van der Waals surface area (Å²) in [5.74, 6) is -1.59. The van der Waals surface area contributed by atoms with E-state index in [1.165, 1.54) is 31.6 Å². The molecule has 11 heteroatoms. The molecule has 2 heterocycles. The van der Waals surface area contributed by atoms with Crippen LogP contribution in [0.5, 0.6) is 0 Å². The number of hydrogen-bond acceptors (Lipinski definition) is 5. The molecule has 0 fully saturated rings. The van der Waals surface area contributed by atoms with Crippen molar-refractivity contribution in [2.45, 2.75) is 12.7 Å². The van der Waals surface area contributed by atoms with Crippen molar-refractivity contribution in [3.05, 3.63) is 47.8 Å². The first kappa shape index (κ1) is 19.1. The molecule has 0 saturated heterocycles. The number of amides is 2. The van der Waals surface area contributed by atoms with Gasteiger partial charge in [-0.05, 0) is 17.7 Å². The molecule has 0 aliphatic carbocycles. The molecule has 4 N–H and O–H groups in total. The Hall–Kier alpha value is -3.63. The van der Waals surface area contributed by atoms with Crippen LogP contribution < -0.4 is 11.1 Å². The zero-order chi connectivity index (χ0) is 20.5. The minimum atomic E-state index is -4.44. The largest absolute Gasteiger partial charge is 0.416 e. The van der Waals surface area contributed by atoms with Crippen LogP contribution in [0.15, 0.2) is 36.7 Å². The summed E-state index contributed by atoms with van der Waals surface area (Å²) in [6.07, 6.45) is -1.71. The molecule has 8 nitrogen and oxygen atoms in total. The van der Waals surface area contributed by atoms with Gasteiger partial charge < -0.3 is 16.0 Å². The number of halogens is 3. The summed E-state index contributed by atoms with van der Waals surface area (Å²) >= 11 is 0. The molecule has 0 aliphatic heterocycles. The Morgan fingerprint density at radius 2 is 1.89 bits per heavy atom. The third-order valence-corrected chi connectivity index (χ3v) is 4.01. The lowest BCUT2D eigenvalue weighted by molar-refractivity contribution is -0.142. The number of benzene rings is 1. The van der Waals surface area contributed by atoms with Crippen LogP contribution in [0.2, 0.25) is 0 Å². The molecule has 2 aromatic heterocycles. The molecule has 1 aromatic carbocycles. The predicted octanol–water partition coefficient (Wildman–Crippen LogP) is 2.16. The smallest absolute Gasteiger partial charge is 0.383 e. The van der Waals surface area contributed by atoms with Gasteiger partial charge in [0.05, 0.1) is 34.5 Å². The summed E-state index contributed by atoms with van der Waals surface area (Å²) in [5.41, 5.74) is 6.00. The molecule has 0 spiro atoms. The number of rotatable bonds is 3. The van der Waals surface area contributed by atoms with Crippen LogP contribution in [0.1, 0.15) is 11.1 Å². The van der Waals surface area contributed by atoms with E-state index in [2.05, 4.69) is 20.5 Å². The van der Waals surface area contributed by atoms with E-state index in [1.54, 1.807) is 0 Å². The van der Waals surface area contributed by atoms with Gasteiger partial charge in [-0.25, -0.2) is 4.98 Å². The number of anilines is 2. The average Bonchev–Trinajstić information content (AvgIpc) is 3.14. The first-order valence-corrected chi connectivity index (χ1v) is 7.97. The summed E-state index contributed by atoms with van der Waals surface area (Å²) in [7, 11) is 1.37. The van der Waals surface area contributed by atoms with Gasteiger partial charge in [0.1, 0.15) is 5.82 Å². The third-order valence-electron chi connectivity index (χ3n) is 4.01. The van der Waals surface area contributed by atoms with E-state index < -0.39 is 23.6 Å². The lowest BCUT2D eigenvalue weighted by Crippen LogP contribution is -2.36. The molecular weight excluding hydrogens is 377 g/mol. The van der Waals surface area contributed by atoms with Crippen molar-refractivity contribution in [1.29, 1.82) is 0 Å². The fraction of sp³-hybridized carbons (Fsp3) is 0.176. The Labute approximate surface area is 156 Å². The van der Waals surface area contributed by atoms with E-state index >= 15 is 0 Å². The number of nitrogens with zero attached hydrogens (tertiary/aromatic N) is 3. The van der Waals surface area contributed by atoms with Gasteiger partial charge in [-0.1, -0.05) is 12.1 Å². The van der Waals surface area contributed by atoms with Crippen LogP contribution in [0.4, 0.5) is 24.7 Å². The number of nitrogens with two attached hydrogens (primary N) is 1. The zero-order valence-electron chi connectivity index (χ0n) is 14.5. The van der Waals surface area contributed by atoms with Gasteiger partial charge in [-0.2, -0.15) is 18.3 Å². The van der Waals surface area contributed by atoms with Crippen LogP contribution in [-0.2, 0) is 22.3 Å². The van der Waals surface area contributed by atoms with Crippen molar-refractivity contribution in [2.24, 2.45) is 0 Å². The SMILES string of the molecule is CN(Cc1ccc(C(F)(F)F)cc1)C(=O)C(=O)Nc1cnc(N)c2cn[nH]c12. The van der Waals surface area contributed by atoms with Gasteiger partial charge in [0, 0.05) is 13.6 Å². The molecule has 2 amide bonds. The summed E-state index contributed by atoms with van der Waals surface area (Å²) in [6.45, 7) is -0.0379. The molecule has 3 rings (SSSR count). The average molecular weight is 392 g/mol. The maximum Gasteiger partial charge on any atom is 0.416 e. The number of pyridine rings is 1. The molecule has 146 valence electrons. The Morgan fingerprint density at radius 1 is 1.21 bits per heavy atom. The highest BCUT2D eigenvalue weighted by Gasteiger charge is 2.30. The molecule has 0 atom stereocenters. The maximum absolute atomic E-state index is 12.6. The molecule has 0 radical (unpaired) electrons. The molecule has 0 saturated carbocycles. The number of fused-ring (bicyclic) bond motifs is 1. The summed E-state index contributed by atoms with van der Waals surface area (Å²) in [4.78, 5) is 29.5. The Kier molecular flexibility index (Phi) is 4.91. The summed E-state index contributed by atoms with van der Waals surface area (Å²) < 4.78 is 37.8. The number of carbonyl (C=O) groups is 2. The number of hydrogen-bond donors (Lipinski definition) is 3. The monoisotopic (exact) mass is 392 g/mol. The number of nitrogens with one attached hydrogen (secondary N) is 2. The van der Waals surface area contributed by atoms with Gasteiger partial charge in [0.15, 0.2) is 0 Å². The standard InChI is InChI=1S/C17H15F3N6O2/c1-26(8-9-2-4-10(5-3-9)17(18,19)20)16(28)15(27)24-12-7-22-14(21)11-6-23-25-13(11)12/h2-7H,8H2,1H3,(H2,21,22)(H,23,25)(H,24,27). The van der Waals surface area contributed by atoms with Crippen molar-refractivity contribution < 1.29 is 22.8 Å². The topological polar surface area (TPSA) is 117 Å². The zero-order valence-corrected chi connectivity index (χ0v) is 14.5. The Bertz CT molecular complexity index is 1030. The number of nitrogen functional groups attached to an aromatic ring is 1. The molecule has 3 aromatic rings. The second kappa shape index (κ2) is 7.18. The van der Waals surface area contributed by atoms with Crippen LogP contribution in [0.3, 0.4) is 0 Å². The van der Waals surface area contributed by atoms with Crippen LogP contribution in [0.25, 0.3) is 10.9 Å². The van der Waals surface area contributed by atoms with E-state index in [-0.39, 0.29) is 18.1 Å². The molecule has 0 aliphatic rings. The van der Waals surface area contributed by atoms with E-state index in [4.69, 9.17) is 5.73 Å². The van der Waals surface area contributed by atoms with Gasteiger partial charge >= 0.3 is 18.0 Å². The van der Waals surface area contributed by atoms with Gasteiger partial charge in [0.25, 0.3) is 0 Å². The van der Waals surface area contributed by atoms with Crippen molar-refractivity contribution in [3.8, 4) is 0 Å². The van der Waals surface area contributed by atoms with Crippen LogP contribution in [-0.4, -0.2) is 38.9 Å². The highest BCUT2D eigenvalue weighted by molar-refractivity contribution is 6.40. The maximum atomic E-state index is 12.6. The highest BCUT2D eigenvalue weighted by Crippen LogP contribution is 2.29. The van der Waals surface area contributed by atoms with Crippen molar-refractivity contribution in [1.82, 2.24) is 20.1 Å². The normalized spacial score (nSPS) is 11.4. The molecular formula is C17H15F3N6O2. The minimum absolute atomic E-state index is 0.0379. The predicted molar refractivity (Wildman–Crippen MR) is 94.8 cm³/mol. The van der Waals surface area contributed by atoms with Gasteiger partial charge in [-0.3, -0.25) is 14.7 Å². The first-order valence-electron chi connectivity index (χ1n) is 7.97. The summed E-state index contributed by atoms with van der Waals surface area (Å²) in [6, 6.07) is 4.34. The van der Waals surface area contributed by atoms with Crippen molar-refractivity contribution in [2.75, 3.05) is 18.1 Å². The van der Waals surface area contributed by atoms with E-state index in [0.29, 0.717) is 16.5 Å². The number of carbonyl (C=O) groups excluding carboxylic acids is 2. The summed E-state index contributed by atoms with van der Waals surface area (Å²) in [5, 5.41) is 9.39. The fourth-order valence-corrected chi connectivity index (χ4v) is 2.54. The minimum Gasteiger partial charge on any atom is -0.383 e. The Morgan fingerprint density at radius 3 is 2.54 bits per heavy atom. The van der Waals surface area contributed by atoms with Crippen molar-refractivity contribution in [3.63, 3.8) is 0 Å². The molecule has 0 unspecified atom stereocenters. The first-order chi connectivity index (χ1) is 13.2. The van der Waals surface area contributed by atoms with Gasteiger partial charge in [-0.15, -0.1) is 0 Å². The lowest BCUT2D eigenvalue weighted by Gasteiger charge is -2.17. The van der Waals surface area contributed by atoms with Crippen LogP contribution in [0, 0.1) is 0 Å². The number of alkyl halides is 3. The number of aromatic nitrogens is 3. The fourth-order valence-electron chi connectivity index (χ4n) is 2.54. The number of likely N-dealkylation sites (N-methyl/N-ethyl adjacent to an activating group) is 1. The highest BCUT2D eigenvalue weighted by atomic mass is 19.4.